The molecule has 0 aliphatic heterocycles. The van der Waals surface area contributed by atoms with E-state index in [-0.39, 0.29) is 28.3 Å². The summed E-state index contributed by atoms with van der Waals surface area (Å²) >= 11 is 0. The van der Waals surface area contributed by atoms with Gasteiger partial charge in [0.15, 0.2) is 0 Å². The van der Waals surface area contributed by atoms with Gasteiger partial charge in [-0.3, -0.25) is 14.5 Å². The van der Waals surface area contributed by atoms with E-state index in [1.54, 1.807) is 24.3 Å². The molecule has 0 aliphatic carbocycles. The van der Waals surface area contributed by atoms with E-state index in [1.165, 1.54) is 22.7 Å². The molecule has 9 nitrogen and oxygen atoms in total. The molecule has 0 radical (unpaired) electrons. The molecule has 4 rings (SSSR count). The summed E-state index contributed by atoms with van der Waals surface area (Å²) in [6.45, 7) is 5.70. The van der Waals surface area contributed by atoms with Gasteiger partial charge in [0.05, 0.1) is 16.5 Å². The van der Waals surface area contributed by atoms with Crippen LogP contribution in [-0.2, 0) is 0 Å². The van der Waals surface area contributed by atoms with Crippen molar-refractivity contribution in [2.45, 2.75) is 26.3 Å². The fraction of sp³-hybridized carbons (Fsp3) is 0.200. The number of hydrogen-bond acceptors (Lipinski definition) is 7. The molecule has 3 heterocycles. The van der Waals surface area contributed by atoms with Crippen LogP contribution in [-0.4, -0.2) is 25.0 Å². The van der Waals surface area contributed by atoms with E-state index in [9.17, 15) is 20.0 Å². The van der Waals surface area contributed by atoms with E-state index in [2.05, 4.69) is 10.3 Å². The molecule has 9 heteroatoms. The molecule has 1 aromatic carbocycles. The van der Waals surface area contributed by atoms with E-state index in [0.29, 0.717) is 16.9 Å². The fourth-order valence-electron chi connectivity index (χ4n) is 3.13. The van der Waals surface area contributed by atoms with Crippen LogP contribution in [0.25, 0.3) is 27.9 Å². The highest BCUT2D eigenvalue weighted by Gasteiger charge is 2.26. The van der Waals surface area contributed by atoms with Gasteiger partial charge in [0, 0.05) is 11.6 Å². The highest BCUT2D eigenvalue weighted by molar-refractivity contribution is 5.92. The minimum absolute atomic E-state index is 0.109. The Bertz CT molecular complexity index is 1330. The topological polar surface area (TPSA) is 123 Å². The van der Waals surface area contributed by atoms with Crippen LogP contribution in [0.1, 0.15) is 20.8 Å². The summed E-state index contributed by atoms with van der Waals surface area (Å²) in [6.07, 6.45) is 1.32. The predicted octanol–water partition coefficient (Wildman–Crippen LogP) is 3.93. The molecule has 3 aromatic heterocycles. The number of benzene rings is 1. The third kappa shape index (κ3) is 3.16. The number of pyridine rings is 1. The zero-order valence-corrected chi connectivity index (χ0v) is 16.0. The summed E-state index contributed by atoms with van der Waals surface area (Å²) in [5.41, 5.74) is -0.668. The van der Waals surface area contributed by atoms with E-state index in [0.717, 1.165) is 0 Å². The van der Waals surface area contributed by atoms with Gasteiger partial charge in [-0.25, -0.2) is 9.78 Å². The van der Waals surface area contributed by atoms with Gasteiger partial charge >= 0.3 is 5.63 Å². The second kappa shape index (κ2) is 6.33. The SMILES string of the molecule is CC(C)(C)Nc1c(-c2c(O)c3ccccc3oc2=O)nc2ccc([N+](=O)[O-])cn12. The van der Waals surface area contributed by atoms with Crippen molar-refractivity contribution >= 4 is 28.1 Å². The molecule has 0 saturated carbocycles. The van der Waals surface area contributed by atoms with Crippen LogP contribution < -0.4 is 10.9 Å². The van der Waals surface area contributed by atoms with Crippen LogP contribution in [0.3, 0.4) is 0 Å². The molecule has 148 valence electrons. The number of imidazole rings is 1. The maximum absolute atomic E-state index is 12.7. The molecular formula is C20H18N4O5. The van der Waals surface area contributed by atoms with Crippen LogP contribution in [0.2, 0.25) is 0 Å². The second-order valence-corrected chi connectivity index (χ2v) is 7.67. The fourth-order valence-corrected chi connectivity index (χ4v) is 3.13. The largest absolute Gasteiger partial charge is 0.506 e. The third-order valence-electron chi connectivity index (χ3n) is 4.33. The molecule has 0 spiro atoms. The normalized spacial score (nSPS) is 11.8. The van der Waals surface area contributed by atoms with Crippen molar-refractivity contribution in [2.75, 3.05) is 5.32 Å². The number of nitro groups is 1. The summed E-state index contributed by atoms with van der Waals surface area (Å²) < 4.78 is 6.86. The summed E-state index contributed by atoms with van der Waals surface area (Å²) in [4.78, 5) is 27.9. The van der Waals surface area contributed by atoms with Crippen molar-refractivity contribution in [3.05, 3.63) is 63.1 Å². The lowest BCUT2D eigenvalue weighted by molar-refractivity contribution is -0.385. The average molecular weight is 394 g/mol. The quantitative estimate of drug-likeness (QED) is 0.306. The Morgan fingerprint density at radius 3 is 2.62 bits per heavy atom. The van der Waals surface area contributed by atoms with Gasteiger partial charge in [-0.1, -0.05) is 12.1 Å². The standard InChI is InChI=1S/C20H18N4O5/c1-20(2,3)22-18-16(21-14-9-8-11(24(27)28)10-23(14)18)15-17(25)12-6-4-5-7-13(12)29-19(15)26/h4-10,22,25H,1-3H3. The number of anilines is 1. The van der Waals surface area contributed by atoms with Crippen molar-refractivity contribution in [1.82, 2.24) is 9.38 Å². The lowest BCUT2D eigenvalue weighted by Gasteiger charge is -2.22. The lowest BCUT2D eigenvalue weighted by Crippen LogP contribution is -2.27. The van der Waals surface area contributed by atoms with Crippen molar-refractivity contribution in [3.63, 3.8) is 0 Å². The predicted molar refractivity (Wildman–Crippen MR) is 108 cm³/mol. The Hall–Kier alpha value is -3.88. The first-order valence-electron chi connectivity index (χ1n) is 8.85. The lowest BCUT2D eigenvalue weighted by atomic mass is 10.1. The van der Waals surface area contributed by atoms with Crippen LogP contribution in [0.15, 0.2) is 51.8 Å². The number of fused-ring (bicyclic) bond motifs is 2. The Morgan fingerprint density at radius 2 is 1.93 bits per heavy atom. The monoisotopic (exact) mass is 394 g/mol. The van der Waals surface area contributed by atoms with Crippen LogP contribution in [0, 0.1) is 10.1 Å². The Kier molecular flexibility index (Phi) is 4.04. The number of hydrogen-bond donors (Lipinski definition) is 2. The summed E-state index contributed by atoms with van der Waals surface area (Å²) in [7, 11) is 0. The van der Waals surface area contributed by atoms with E-state index < -0.39 is 16.1 Å². The van der Waals surface area contributed by atoms with Gasteiger partial charge < -0.3 is 14.8 Å². The first kappa shape index (κ1) is 18.5. The number of aromatic nitrogens is 2. The van der Waals surface area contributed by atoms with Gasteiger partial charge in [0.1, 0.15) is 34.1 Å². The van der Waals surface area contributed by atoms with Gasteiger partial charge in [-0.05, 0) is 39.0 Å². The second-order valence-electron chi connectivity index (χ2n) is 7.67. The number of aromatic hydroxyl groups is 1. The molecule has 2 N–H and O–H groups in total. The van der Waals surface area contributed by atoms with Crippen LogP contribution in [0.4, 0.5) is 11.5 Å². The first-order valence-corrected chi connectivity index (χ1v) is 8.85. The first-order chi connectivity index (χ1) is 13.7. The zero-order valence-electron chi connectivity index (χ0n) is 16.0. The molecule has 0 bridgehead atoms. The number of nitrogens with zero attached hydrogens (tertiary/aromatic N) is 3. The third-order valence-corrected chi connectivity index (χ3v) is 4.33. The van der Waals surface area contributed by atoms with Crippen molar-refractivity contribution < 1.29 is 14.4 Å². The van der Waals surface area contributed by atoms with Gasteiger partial charge in [-0.15, -0.1) is 0 Å². The van der Waals surface area contributed by atoms with E-state index in [4.69, 9.17) is 4.42 Å². The summed E-state index contributed by atoms with van der Waals surface area (Å²) in [6, 6.07) is 9.44. The van der Waals surface area contributed by atoms with Crippen molar-refractivity contribution in [1.29, 1.82) is 0 Å². The maximum atomic E-state index is 12.7. The molecule has 0 amide bonds. The van der Waals surface area contributed by atoms with Crippen molar-refractivity contribution in [2.24, 2.45) is 0 Å². The highest BCUT2D eigenvalue weighted by Crippen LogP contribution is 2.37. The summed E-state index contributed by atoms with van der Waals surface area (Å²) in [5.74, 6) is 0.0841. The number of nitrogens with one attached hydrogen (secondary N) is 1. The minimum atomic E-state index is -0.754. The van der Waals surface area contributed by atoms with Crippen molar-refractivity contribution in [3.8, 4) is 17.0 Å². The molecular weight excluding hydrogens is 376 g/mol. The van der Waals surface area contributed by atoms with E-state index in [1.807, 2.05) is 20.8 Å². The molecule has 0 aliphatic rings. The van der Waals surface area contributed by atoms with Crippen LogP contribution in [0.5, 0.6) is 5.75 Å². The molecule has 0 saturated heterocycles. The molecule has 0 fully saturated rings. The average Bonchev–Trinajstić information content (AvgIpc) is 2.97. The molecule has 0 unspecified atom stereocenters. The van der Waals surface area contributed by atoms with Gasteiger partial charge in [0.25, 0.3) is 5.69 Å². The highest BCUT2D eigenvalue weighted by atomic mass is 16.6. The van der Waals surface area contributed by atoms with E-state index >= 15 is 0 Å². The molecule has 0 atom stereocenters. The van der Waals surface area contributed by atoms with Gasteiger partial charge in [0.2, 0.25) is 0 Å². The molecule has 4 aromatic rings. The number of rotatable bonds is 3. The van der Waals surface area contributed by atoms with Gasteiger partial charge in [-0.2, -0.15) is 0 Å². The Morgan fingerprint density at radius 1 is 1.21 bits per heavy atom. The maximum Gasteiger partial charge on any atom is 0.349 e. The molecule has 29 heavy (non-hydrogen) atoms. The Labute approximate surface area is 164 Å². The smallest absolute Gasteiger partial charge is 0.349 e. The zero-order chi connectivity index (χ0) is 20.9. The van der Waals surface area contributed by atoms with Crippen LogP contribution >= 0.6 is 0 Å². The number of para-hydroxylation sites is 1. The Balaban J connectivity index is 2.08. The minimum Gasteiger partial charge on any atom is -0.506 e. The summed E-state index contributed by atoms with van der Waals surface area (Å²) in [5, 5.41) is 25.6.